The van der Waals surface area contributed by atoms with Gasteiger partial charge in [-0.15, -0.1) is 0 Å². The third-order valence-electron chi connectivity index (χ3n) is 4.61. The molecule has 2 aromatic carbocycles. The van der Waals surface area contributed by atoms with Gasteiger partial charge in [-0.05, 0) is 43.2 Å². The molecule has 0 aliphatic carbocycles. The van der Waals surface area contributed by atoms with Crippen molar-refractivity contribution >= 4 is 17.6 Å². The standard InChI is InChI=1S/C21H25N3O4/c1-21(13-25,14-28-17-8-3-2-4-9-17)24-20(27)22-16-7-5-6-15(12-16)18-10-11-19(26)23-18/h2-9,12,18,25H,10-11,13-14H2,1H3,(H,23,26)(H2,22,24,27). The fourth-order valence-electron chi connectivity index (χ4n) is 3.01. The number of benzene rings is 2. The molecule has 3 rings (SSSR count). The second kappa shape index (κ2) is 8.75. The molecule has 0 bridgehead atoms. The fourth-order valence-corrected chi connectivity index (χ4v) is 3.01. The van der Waals surface area contributed by atoms with Crippen LogP contribution in [0.4, 0.5) is 10.5 Å². The second-order valence-electron chi connectivity index (χ2n) is 7.18. The third-order valence-corrected chi connectivity index (χ3v) is 4.61. The highest BCUT2D eigenvalue weighted by Crippen LogP contribution is 2.25. The van der Waals surface area contributed by atoms with Gasteiger partial charge < -0.3 is 25.8 Å². The van der Waals surface area contributed by atoms with Gasteiger partial charge in [0.2, 0.25) is 5.91 Å². The van der Waals surface area contributed by atoms with Crippen LogP contribution in [0.2, 0.25) is 0 Å². The predicted molar refractivity (Wildman–Crippen MR) is 106 cm³/mol. The lowest BCUT2D eigenvalue weighted by Gasteiger charge is -2.28. The molecule has 1 heterocycles. The highest BCUT2D eigenvalue weighted by atomic mass is 16.5. The summed E-state index contributed by atoms with van der Waals surface area (Å²) in [5.74, 6) is 0.703. The number of para-hydroxylation sites is 1. The molecule has 2 unspecified atom stereocenters. The van der Waals surface area contributed by atoms with E-state index in [1.165, 1.54) is 0 Å². The Morgan fingerprint density at radius 3 is 2.71 bits per heavy atom. The smallest absolute Gasteiger partial charge is 0.319 e. The Balaban J connectivity index is 1.58. The van der Waals surface area contributed by atoms with Gasteiger partial charge in [-0.1, -0.05) is 30.3 Å². The van der Waals surface area contributed by atoms with E-state index in [1.54, 1.807) is 13.0 Å². The van der Waals surface area contributed by atoms with Crippen LogP contribution in [-0.4, -0.2) is 35.8 Å². The molecule has 3 amide bonds. The minimum absolute atomic E-state index is 0.0284. The molecule has 1 fully saturated rings. The van der Waals surface area contributed by atoms with E-state index in [-0.39, 0.29) is 25.2 Å². The maximum absolute atomic E-state index is 12.4. The first-order valence-corrected chi connectivity index (χ1v) is 9.25. The number of aliphatic hydroxyl groups excluding tert-OH is 1. The number of carbonyl (C=O) groups excluding carboxylic acids is 2. The molecular formula is C21H25N3O4. The van der Waals surface area contributed by atoms with Crippen molar-refractivity contribution in [2.45, 2.75) is 31.3 Å². The van der Waals surface area contributed by atoms with Crippen molar-refractivity contribution in [3.8, 4) is 5.75 Å². The summed E-state index contributed by atoms with van der Waals surface area (Å²) in [6.07, 6.45) is 1.26. The Kier molecular flexibility index (Phi) is 6.16. The van der Waals surface area contributed by atoms with E-state index in [4.69, 9.17) is 4.74 Å². The summed E-state index contributed by atoms with van der Waals surface area (Å²) in [6.45, 7) is 1.55. The van der Waals surface area contributed by atoms with E-state index in [1.807, 2.05) is 48.5 Å². The van der Waals surface area contributed by atoms with Crippen LogP contribution in [0.1, 0.15) is 31.4 Å². The summed E-state index contributed by atoms with van der Waals surface area (Å²) < 4.78 is 5.67. The highest BCUT2D eigenvalue weighted by molar-refractivity contribution is 5.90. The lowest BCUT2D eigenvalue weighted by Crippen LogP contribution is -2.54. The molecule has 2 atom stereocenters. The number of amides is 3. The van der Waals surface area contributed by atoms with Crippen molar-refractivity contribution in [2.24, 2.45) is 0 Å². The van der Waals surface area contributed by atoms with Crippen LogP contribution in [0.25, 0.3) is 0 Å². The van der Waals surface area contributed by atoms with Gasteiger partial charge in [0.15, 0.2) is 0 Å². The number of urea groups is 1. The molecular weight excluding hydrogens is 358 g/mol. The normalized spacial score (nSPS) is 18.1. The molecule has 0 radical (unpaired) electrons. The van der Waals surface area contributed by atoms with Crippen LogP contribution in [0.5, 0.6) is 5.75 Å². The van der Waals surface area contributed by atoms with Gasteiger partial charge in [-0.3, -0.25) is 4.79 Å². The van der Waals surface area contributed by atoms with E-state index in [9.17, 15) is 14.7 Å². The van der Waals surface area contributed by atoms with Crippen LogP contribution in [0.3, 0.4) is 0 Å². The van der Waals surface area contributed by atoms with Crippen molar-refractivity contribution in [1.29, 1.82) is 0 Å². The van der Waals surface area contributed by atoms with Crippen molar-refractivity contribution in [3.63, 3.8) is 0 Å². The minimum atomic E-state index is -0.947. The van der Waals surface area contributed by atoms with E-state index < -0.39 is 11.6 Å². The second-order valence-corrected chi connectivity index (χ2v) is 7.18. The molecule has 28 heavy (non-hydrogen) atoms. The number of nitrogens with one attached hydrogen (secondary N) is 3. The zero-order valence-electron chi connectivity index (χ0n) is 15.8. The van der Waals surface area contributed by atoms with E-state index >= 15 is 0 Å². The number of rotatable bonds is 7. The SMILES string of the molecule is CC(CO)(COc1ccccc1)NC(=O)Nc1cccc(C2CCC(=O)N2)c1. The van der Waals surface area contributed by atoms with Crippen LogP contribution in [0, 0.1) is 0 Å². The fraction of sp³-hybridized carbons (Fsp3) is 0.333. The Morgan fingerprint density at radius 2 is 2.04 bits per heavy atom. The van der Waals surface area contributed by atoms with Crippen molar-refractivity contribution in [1.82, 2.24) is 10.6 Å². The first-order chi connectivity index (χ1) is 13.5. The topological polar surface area (TPSA) is 99.7 Å². The van der Waals surface area contributed by atoms with E-state index in [2.05, 4.69) is 16.0 Å². The average Bonchev–Trinajstić information content (AvgIpc) is 3.14. The van der Waals surface area contributed by atoms with Crippen LogP contribution in [0.15, 0.2) is 54.6 Å². The number of aliphatic hydroxyl groups is 1. The van der Waals surface area contributed by atoms with Gasteiger partial charge in [0.1, 0.15) is 12.4 Å². The molecule has 148 valence electrons. The molecule has 1 aliphatic rings. The predicted octanol–water partition coefficient (Wildman–Crippen LogP) is 2.59. The summed E-state index contributed by atoms with van der Waals surface area (Å²) >= 11 is 0. The van der Waals surface area contributed by atoms with Gasteiger partial charge >= 0.3 is 6.03 Å². The lowest BCUT2D eigenvalue weighted by atomic mass is 10.0. The van der Waals surface area contributed by atoms with Crippen LogP contribution < -0.4 is 20.7 Å². The third kappa shape index (κ3) is 5.23. The van der Waals surface area contributed by atoms with Gasteiger partial charge in [0, 0.05) is 12.1 Å². The molecule has 0 spiro atoms. The molecule has 0 saturated carbocycles. The quantitative estimate of drug-likeness (QED) is 0.590. The van der Waals surface area contributed by atoms with Crippen molar-refractivity contribution in [2.75, 3.05) is 18.5 Å². The monoisotopic (exact) mass is 383 g/mol. The number of hydrogen-bond donors (Lipinski definition) is 4. The maximum Gasteiger partial charge on any atom is 0.319 e. The zero-order valence-corrected chi connectivity index (χ0v) is 15.8. The Morgan fingerprint density at radius 1 is 1.25 bits per heavy atom. The summed E-state index contributed by atoms with van der Waals surface area (Å²) in [5.41, 5.74) is 0.609. The molecule has 7 nitrogen and oxygen atoms in total. The summed E-state index contributed by atoms with van der Waals surface area (Å²) in [7, 11) is 0. The Labute approximate surface area is 164 Å². The minimum Gasteiger partial charge on any atom is -0.491 e. The Hall–Kier alpha value is -3.06. The van der Waals surface area contributed by atoms with Crippen molar-refractivity contribution < 1.29 is 19.4 Å². The maximum atomic E-state index is 12.4. The van der Waals surface area contributed by atoms with Crippen LogP contribution in [-0.2, 0) is 4.79 Å². The summed E-state index contributed by atoms with van der Waals surface area (Å²) in [5, 5.41) is 18.2. The average molecular weight is 383 g/mol. The first-order valence-electron chi connectivity index (χ1n) is 9.25. The molecule has 0 aromatic heterocycles. The molecule has 4 N–H and O–H groups in total. The van der Waals surface area contributed by atoms with Gasteiger partial charge in [-0.25, -0.2) is 4.79 Å². The lowest BCUT2D eigenvalue weighted by molar-refractivity contribution is -0.119. The summed E-state index contributed by atoms with van der Waals surface area (Å²) in [4.78, 5) is 23.8. The number of ether oxygens (including phenoxy) is 1. The van der Waals surface area contributed by atoms with E-state index in [0.29, 0.717) is 17.9 Å². The van der Waals surface area contributed by atoms with Crippen molar-refractivity contribution in [3.05, 3.63) is 60.2 Å². The largest absolute Gasteiger partial charge is 0.491 e. The van der Waals surface area contributed by atoms with Crippen LogP contribution >= 0.6 is 0 Å². The highest BCUT2D eigenvalue weighted by Gasteiger charge is 2.27. The first kappa shape index (κ1) is 19.7. The Bertz CT molecular complexity index is 827. The van der Waals surface area contributed by atoms with E-state index in [0.717, 1.165) is 12.0 Å². The number of hydrogen-bond acceptors (Lipinski definition) is 4. The molecule has 1 saturated heterocycles. The number of anilines is 1. The molecule has 2 aromatic rings. The summed E-state index contributed by atoms with van der Waals surface area (Å²) in [6, 6.07) is 16.1. The zero-order chi connectivity index (χ0) is 20.0. The number of carbonyl (C=O) groups is 2. The molecule has 1 aliphatic heterocycles. The van der Waals surface area contributed by atoms with Gasteiger partial charge in [0.05, 0.1) is 18.2 Å². The van der Waals surface area contributed by atoms with Gasteiger partial charge in [-0.2, -0.15) is 0 Å². The molecule has 7 heteroatoms. The van der Waals surface area contributed by atoms with Gasteiger partial charge in [0.25, 0.3) is 0 Å².